The fourth-order valence-electron chi connectivity index (χ4n) is 1.19. The normalized spacial score (nSPS) is 10.3. The van der Waals surface area contributed by atoms with Crippen molar-refractivity contribution in [1.29, 1.82) is 0 Å². The third kappa shape index (κ3) is 2.96. The van der Waals surface area contributed by atoms with E-state index in [2.05, 4.69) is 13.0 Å². The van der Waals surface area contributed by atoms with Gasteiger partial charge in [-0.3, -0.25) is 4.79 Å². The van der Waals surface area contributed by atoms with Crippen LogP contribution in [0.2, 0.25) is 0 Å². The van der Waals surface area contributed by atoms with E-state index < -0.39 is 0 Å². The highest BCUT2D eigenvalue weighted by Crippen LogP contribution is 2.19. The lowest BCUT2D eigenvalue weighted by atomic mass is 10.2. The summed E-state index contributed by atoms with van der Waals surface area (Å²) in [4.78, 5) is 13.6. The van der Waals surface area contributed by atoms with Gasteiger partial charge < -0.3 is 0 Å². The van der Waals surface area contributed by atoms with E-state index in [4.69, 9.17) is 0 Å². The van der Waals surface area contributed by atoms with E-state index in [-0.39, 0.29) is 5.78 Å². The molecule has 0 bridgehead atoms. The molecule has 1 heterocycles. The van der Waals surface area contributed by atoms with E-state index in [9.17, 15) is 4.79 Å². The molecule has 0 aliphatic heterocycles. The molecule has 0 amide bonds. The summed E-state index contributed by atoms with van der Waals surface area (Å²) in [6, 6.07) is 4.05. The van der Waals surface area contributed by atoms with Gasteiger partial charge in [0.15, 0.2) is 5.78 Å². The Morgan fingerprint density at radius 2 is 2.15 bits per heavy atom. The molecule has 0 fully saturated rings. The first-order chi connectivity index (χ1) is 6.27. The summed E-state index contributed by atoms with van der Waals surface area (Å²) in [6.45, 7) is 4.10. The Bertz CT molecular complexity index is 275. The number of hydrogen-bond acceptors (Lipinski definition) is 2. The third-order valence-corrected chi connectivity index (χ3v) is 3.22. The standard InChI is InChI=1S/C11H16OS/c1-3-5-6-9-7-8-11(13-9)10(12)4-2/h7-8H,3-6H2,1-2H3. The van der Waals surface area contributed by atoms with Crippen molar-refractivity contribution in [2.45, 2.75) is 39.5 Å². The van der Waals surface area contributed by atoms with Crippen LogP contribution in [0.3, 0.4) is 0 Å². The second kappa shape index (κ2) is 5.18. The first-order valence-corrected chi connectivity index (χ1v) is 5.71. The second-order valence-electron chi connectivity index (χ2n) is 3.15. The number of Topliss-reactive ketones (excluding diaryl/α,β-unsaturated/α-hetero) is 1. The van der Waals surface area contributed by atoms with Gasteiger partial charge in [-0.2, -0.15) is 0 Å². The Balaban J connectivity index is 2.58. The lowest BCUT2D eigenvalue weighted by Crippen LogP contribution is -1.90. The topological polar surface area (TPSA) is 17.1 Å². The molecule has 0 aliphatic rings. The van der Waals surface area contributed by atoms with Crippen LogP contribution < -0.4 is 0 Å². The van der Waals surface area contributed by atoms with Gasteiger partial charge >= 0.3 is 0 Å². The number of thiophene rings is 1. The zero-order valence-corrected chi connectivity index (χ0v) is 9.12. The van der Waals surface area contributed by atoms with Crippen molar-refractivity contribution in [1.82, 2.24) is 0 Å². The monoisotopic (exact) mass is 196 g/mol. The quantitative estimate of drug-likeness (QED) is 0.656. The minimum atomic E-state index is 0.271. The van der Waals surface area contributed by atoms with E-state index in [1.54, 1.807) is 11.3 Å². The van der Waals surface area contributed by atoms with Crippen LogP contribution in [0.1, 0.15) is 47.7 Å². The molecule has 0 saturated carbocycles. The molecule has 0 radical (unpaired) electrons. The van der Waals surface area contributed by atoms with Crippen LogP contribution in [0.5, 0.6) is 0 Å². The molecule has 0 atom stereocenters. The van der Waals surface area contributed by atoms with Gasteiger partial charge in [0.25, 0.3) is 0 Å². The number of aryl methyl sites for hydroxylation is 1. The van der Waals surface area contributed by atoms with Crippen LogP contribution in [0.25, 0.3) is 0 Å². The maximum absolute atomic E-state index is 11.3. The minimum absolute atomic E-state index is 0.271. The number of ketones is 1. The molecular formula is C11H16OS. The number of carbonyl (C=O) groups is 1. The Morgan fingerprint density at radius 1 is 1.38 bits per heavy atom. The molecule has 0 aliphatic carbocycles. The van der Waals surface area contributed by atoms with Crippen LogP contribution in [0.4, 0.5) is 0 Å². The average Bonchev–Trinajstić information content (AvgIpc) is 2.62. The first kappa shape index (κ1) is 10.5. The Labute approximate surface area is 83.8 Å². The van der Waals surface area contributed by atoms with Gasteiger partial charge in [0, 0.05) is 11.3 Å². The van der Waals surface area contributed by atoms with E-state index in [1.165, 1.54) is 17.7 Å². The van der Waals surface area contributed by atoms with Crippen molar-refractivity contribution >= 4 is 17.1 Å². The summed E-state index contributed by atoms with van der Waals surface area (Å²) >= 11 is 1.66. The minimum Gasteiger partial charge on any atom is -0.293 e. The summed E-state index contributed by atoms with van der Waals surface area (Å²) in [5, 5.41) is 0. The van der Waals surface area contributed by atoms with Crippen LogP contribution in [-0.2, 0) is 6.42 Å². The van der Waals surface area contributed by atoms with E-state index in [0.717, 1.165) is 11.3 Å². The molecule has 0 spiro atoms. The van der Waals surface area contributed by atoms with Gasteiger partial charge in [-0.1, -0.05) is 20.3 Å². The van der Waals surface area contributed by atoms with Crippen LogP contribution >= 0.6 is 11.3 Å². The zero-order chi connectivity index (χ0) is 9.68. The molecule has 1 aromatic heterocycles. The van der Waals surface area contributed by atoms with E-state index in [0.29, 0.717) is 6.42 Å². The van der Waals surface area contributed by atoms with Crippen LogP contribution in [-0.4, -0.2) is 5.78 Å². The summed E-state index contributed by atoms with van der Waals surface area (Å²) in [6.07, 6.45) is 4.18. The van der Waals surface area contributed by atoms with Crippen molar-refractivity contribution in [2.75, 3.05) is 0 Å². The highest BCUT2D eigenvalue weighted by molar-refractivity contribution is 7.14. The largest absolute Gasteiger partial charge is 0.293 e. The lowest BCUT2D eigenvalue weighted by Gasteiger charge is -1.92. The Morgan fingerprint density at radius 3 is 2.77 bits per heavy atom. The summed E-state index contributed by atoms with van der Waals surface area (Å²) < 4.78 is 0. The van der Waals surface area contributed by atoms with Gasteiger partial charge in [0.1, 0.15) is 0 Å². The molecule has 13 heavy (non-hydrogen) atoms. The van der Waals surface area contributed by atoms with Crippen molar-refractivity contribution < 1.29 is 4.79 Å². The smallest absolute Gasteiger partial charge is 0.172 e. The van der Waals surface area contributed by atoms with Crippen molar-refractivity contribution in [3.8, 4) is 0 Å². The number of unbranched alkanes of at least 4 members (excludes halogenated alkanes) is 1. The zero-order valence-electron chi connectivity index (χ0n) is 8.30. The number of carbonyl (C=O) groups excluding carboxylic acids is 1. The lowest BCUT2D eigenvalue weighted by molar-refractivity contribution is 0.0992. The third-order valence-electron chi connectivity index (χ3n) is 2.03. The molecule has 1 aromatic rings. The molecule has 2 heteroatoms. The van der Waals surface area contributed by atoms with Gasteiger partial charge in [-0.15, -0.1) is 11.3 Å². The van der Waals surface area contributed by atoms with Crippen molar-refractivity contribution in [3.05, 3.63) is 21.9 Å². The predicted octanol–water partition coefficient (Wildman–Crippen LogP) is 3.68. The molecule has 72 valence electrons. The van der Waals surface area contributed by atoms with Crippen LogP contribution in [0.15, 0.2) is 12.1 Å². The molecule has 0 aromatic carbocycles. The predicted molar refractivity (Wildman–Crippen MR) is 57.6 cm³/mol. The number of rotatable bonds is 5. The van der Waals surface area contributed by atoms with Crippen molar-refractivity contribution in [2.24, 2.45) is 0 Å². The fraction of sp³-hybridized carbons (Fsp3) is 0.545. The highest BCUT2D eigenvalue weighted by Gasteiger charge is 2.05. The van der Waals surface area contributed by atoms with E-state index in [1.807, 2.05) is 13.0 Å². The molecule has 0 N–H and O–H groups in total. The SMILES string of the molecule is CCCCc1ccc(C(=O)CC)s1. The molecule has 1 nitrogen and oxygen atoms in total. The van der Waals surface area contributed by atoms with Gasteiger partial charge in [-0.25, -0.2) is 0 Å². The first-order valence-electron chi connectivity index (χ1n) is 4.89. The average molecular weight is 196 g/mol. The number of hydrogen-bond donors (Lipinski definition) is 0. The van der Waals surface area contributed by atoms with Gasteiger partial charge in [0.05, 0.1) is 4.88 Å². The highest BCUT2D eigenvalue weighted by atomic mass is 32.1. The second-order valence-corrected chi connectivity index (χ2v) is 4.31. The molecular weight excluding hydrogens is 180 g/mol. The fourth-order valence-corrected chi connectivity index (χ4v) is 2.25. The summed E-state index contributed by atoms with van der Waals surface area (Å²) in [5.74, 6) is 0.271. The Hall–Kier alpha value is -0.630. The summed E-state index contributed by atoms with van der Waals surface area (Å²) in [5.41, 5.74) is 0. The summed E-state index contributed by atoms with van der Waals surface area (Å²) in [7, 11) is 0. The van der Waals surface area contributed by atoms with Gasteiger partial charge in [0.2, 0.25) is 0 Å². The molecule has 1 rings (SSSR count). The van der Waals surface area contributed by atoms with Gasteiger partial charge in [-0.05, 0) is 25.0 Å². The maximum atomic E-state index is 11.3. The van der Waals surface area contributed by atoms with Crippen LogP contribution in [0, 0.1) is 0 Å². The van der Waals surface area contributed by atoms with Crippen molar-refractivity contribution in [3.63, 3.8) is 0 Å². The maximum Gasteiger partial charge on any atom is 0.172 e. The molecule has 0 saturated heterocycles. The van der Waals surface area contributed by atoms with E-state index >= 15 is 0 Å². The molecule has 0 unspecified atom stereocenters. The Kier molecular flexibility index (Phi) is 4.16.